The minimum absolute atomic E-state index is 0.114. The van der Waals surface area contributed by atoms with E-state index in [0.29, 0.717) is 20.6 Å². The Hall–Kier alpha value is -3.76. The quantitative estimate of drug-likeness (QED) is 0.350. The number of hydrogen-bond acceptors (Lipinski definition) is 7. The van der Waals surface area contributed by atoms with Gasteiger partial charge in [0.25, 0.3) is 5.56 Å². The number of hydrogen-bond donors (Lipinski definition) is 0. The van der Waals surface area contributed by atoms with Gasteiger partial charge in [-0.25, -0.2) is 9.79 Å². The number of esters is 1. The highest BCUT2D eigenvalue weighted by Crippen LogP contribution is 2.33. The van der Waals surface area contributed by atoms with Gasteiger partial charge in [-0.05, 0) is 49.8 Å². The number of rotatable bonds is 5. The van der Waals surface area contributed by atoms with Crippen molar-refractivity contribution in [3.8, 4) is 0 Å². The van der Waals surface area contributed by atoms with E-state index in [1.165, 1.54) is 36.2 Å². The first kappa shape index (κ1) is 25.5. The largest absolute Gasteiger partial charge is 0.466 e. The zero-order valence-electron chi connectivity index (χ0n) is 21.8. The fraction of sp³-hybridized carbons (Fsp3) is 0.310. The third kappa shape index (κ3) is 4.57. The summed E-state index contributed by atoms with van der Waals surface area (Å²) in [6, 6.07) is 11.1. The van der Waals surface area contributed by atoms with E-state index in [9.17, 15) is 14.4 Å². The lowest BCUT2D eigenvalue weighted by molar-refractivity contribution is -0.136. The molecule has 1 fully saturated rings. The van der Waals surface area contributed by atoms with Crippen molar-refractivity contribution in [2.45, 2.75) is 38.8 Å². The van der Waals surface area contributed by atoms with E-state index in [2.05, 4.69) is 4.99 Å². The van der Waals surface area contributed by atoms with Gasteiger partial charge in [0.1, 0.15) is 12.6 Å². The molecule has 1 amide bonds. The Labute approximate surface area is 232 Å². The van der Waals surface area contributed by atoms with Crippen molar-refractivity contribution in [3.63, 3.8) is 0 Å². The number of fused-ring (bicyclic) bond motifs is 2. The highest BCUT2D eigenvalue weighted by Gasteiger charge is 2.33. The number of carbonyl (C=O) groups excluding carboxylic acids is 2. The number of allylic oxidation sites excluding steroid dienone is 1. The summed E-state index contributed by atoms with van der Waals surface area (Å²) in [5.74, 6) is -0.381. The number of benzene rings is 1. The molecule has 8 nitrogen and oxygen atoms in total. The van der Waals surface area contributed by atoms with E-state index in [1.54, 1.807) is 11.5 Å². The molecule has 2 aliphatic heterocycles. The van der Waals surface area contributed by atoms with Gasteiger partial charge in [0, 0.05) is 40.6 Å². The van der Waals surface area contributed by atoms with Crippen LogP contribution in [0, 0.1) is 0 Å². The summed E-state index contributed by atoms with van der Waals surface area (Å²) in [5.41, 5.74) is 2.50. The van der Waals surface area contributed by atoms with E-state index in [-0.39, 0.29) is 18.0 Å². The standard InChI is InChI=1S/C29H28N4O4S2/c1-18-25(28(36)37-2)26(22-11-8-14-38-22)33-27(35)23(39-29(33)30-18)15-19-16-32(21-10-5-4-9-20(19)21)17-24(34)31-12-6-3-7-13-31/h4-5,8-11,14-16,26H,3,6-7,12-13,17H2,1-2H3. The van der Waals surface area contributed by atoms with Gasteiger partial charge in [0.2, 0.25) is 5.91 Å². The van der Waals surface area contributed by atoms with Crippen LogP contribution in [0.4, 0.5) is 0 Å². The summed E-state index contributed by atoms with van der Waals surface area (Å²) in [5, 5.41) is 2.89. The van der Waals surface area contributed by atoms with E-state index in [0.717, 1.165) is 47.3 Å². The Morgan fingerprint density at radius 2 is 1.92 bits per heavy atom. The number of thiophene rings is 1. The number of piperidine rings is 1. The number of amides is 1. The summed E-state index contributed by atoms with van der Waals surface area (Å²) in [4.78, 5) is 47.6. The molecule has 1 atom stereocenters. The SMILES string of the molecule is COC(=O)C1=C(C)N=c2sc(=Cc3cn(CC(=O)N4CCCCC4)c4ccccc34)c(=O)n2C1c1cccs1. The minimum Gasteiger partial charge on any atom is -0.466 e. The van der Waals surface area contributed by atoms with Gasteiger partial charge in [-0.15, -0.1) is 11.3 Å². The molecule has 1 aromatic carbocycles. The topological polar surface area (TPSA) is 85.9 Å². The molecule has 4 aromatic rings. The van der Waals surface area contributed by atoms with Gasteiger partial charge < -0.3 is 14.2 Å². The maximum Gasteiger partial charge on any atom is 0.338 e. The van der Waals surface area contributed by atoms with Gasteiger partial charge in [0.05, 0.1) is 22.9 Å². The monoisotopic (exact) mass is 560 g/mol. The molecule has 0 spiro atoms. The summed E-state index contributed by atoms with van der Waals surface area (Å²) in [7, 11) is 1.34. The number of methoxy groups -OCH3 is 1. The Morgan fingerprint density at radius 1 is 1.13 bits per heavy atom. The Morgan fingerprint density at radius 3 is 2.67 bits per heavy atom. The lowest BCUT2D eigenvalue weighted by Crippen LogP contribution is -2.39. The van der Waals surface area contributed by atoms with E-state index >= 15 is 0 Å². The maximum atomic E-state index is 13.9. The predicted octanol–water partition coefficient (Wildman–Crippen LogP) is 3.44. The van der Waals surface area contributed by atoms with Crippen molar-refractivity contribution in [1.82, 2.24) is 14.0 Å². The van der Waals surface area contributed by atoms with Crippen LogP contribution in [0.2, 0.25) is 0 Å². The molecule has 6 rings (SSSR count). The Kier molecular flexibility index (Phi) is 6.82. The summed E-state index contributed by atoms with van der Waals surface area (Å²) in [6.07, 6.45) is 7.09. The molecule has 39 heavy (non-hydrogen) atoms. The molecule has 0 saturated carbocycles. The predicted molar refractivity (Wildman–Crippen MR) is 152 cm³/mol. The number of ether oxygens (including phenoxy) is 1. The van der Waals surface area contributed by atoms with Crippen molar-refractivity contribution in [2.24, 2.45) is 4.99 Å². The van der Waals surface area contributed by atoms with E-state index in [1.807, 2.05) is 63.5 Å². The van der Waals surface area contributed by atoms with Gasteiger partial charge in [-0.1, -0.05) is 35.6 Å². The van der Waals surface area contributed by atoms with Crippen molar-refractivity contribution < 1.29 is 14.3 Å². The molecule has 0 aliphatic carbocycles. The minimum atomic E-state index is -0.598. The molecule has 1 unspecified atom stereocenters. The average molecular weight is 561 g/mol. The third-order valence-corrected chi connectivity index (χ3v) is 9.27. The maximum absolute atomic E-state index is 13.9. The van der Waals surface area contributed by atoms with Crippen LogP contribution in [0.3, 0.4) is 0 Å². The smallest absolute Gasteiger partial charge is 0.338 e. The zero-order chi connectivity index (χ0) is 27.1. The Bertz CT molecular complexity index is 1790. The molecular formula is C29H28N4O4S2. The molecular weight excluding hydrogens is 532 g/mol. The van der Waals surface area contributed by atoms with Crippen LogP contribution >= 0.6 is 22.7 Å². The van der Waals surface area contributed by atoms with E-state index in [4.69, 9.17) is 4.74 Å². The van der Waals surface area contributed by atoms with Crippen molar-refractivity contribution in [1.29, 1.82) is 0 Å². The number of carbonyl (C=O) groups is 2. The molecule has 5 heterocycles. The lowest BCUT2D eigenvalue weighted by Gasteiger charge is -2.27. The van der Waals surface area contributed by atoms with Crippen LogP contribution in [0.5, 0.6) is 0 Å². The first-order chi connectivity index (χ1) is 19.0. The first-order valence-corrected chi connectivity index (χ1v) is 14.7. The fourth-order valence-corrected chi connectivity index (χ4v) is 7.32. The zero-order valence-corrected chi connectivity index (χ0v) is 23.4. The second kappa shape index (κ2) is 10.4. The first-order valence-electron chi connectivity index (χ1n) is 13.0. The van der Waals surface area contributed by atoms with Crippen LogP contribution in [-0.2, 0) is 20.9 Å². The molecule has 0 radical (unpaired) electrons. The van der Waals surface area contributed by atoms with Crippen LogP contribution in [0.15, 0.2) is 69.0 Å². The molecule has 2 aliphatic rings. The number of aromatic nitrogens is 2. The van der Waals surface area contributed by atoms with Crippen molar-refractivity contribution in [3.05, 3.63) is 89.4 Å². The van der Waals surface area contributed by atoms with Gasteiger partial charge in [-0.2, -0.15) is 0 Å². The highest BCUT2D eigenvalue weighted by molar-refractivity contribution is 7.10. The van der Waals surface area contributed by atoms with Crippen molar-refractivity contribution in [2.75, 3.05) is 20.2 Å². The molecule has 0 bridgehead atoms. The number of thiazole rings is 1. The second-order valence-corrected chi connectivity index (χ2v) is 11.7. The summed E-state index contributed by atoms with van der Waals surface area (Å²) < 4.78 is 9.15. The van der Waals surface area contributed by atoms with Crippen LogP contribution in [0.25, 0.3) is 17.0 Å². The second-order valence-electron chi connectivity index (χ2n) is 9.76. The number of likely N-dealkylation sites (tertiary alicyclic amines) is 1. The van der Waals surface area contributed by atoms with E-state index < -0.39 is 12.0 Å². The van der Waals surface area contributed by atoms with Crippen LogP contribution in [-0.4, -0.2) is 46.1 Å². The highest BCUT2D eigenvalue weighted by atomic mass is 32.1. The number of nitrogens with zero attached hydrogens (tertiary/aromatic N) is 4. The molecule has 0 N–H and O–H groups in total. The summed E-state index contributed by atoms with van der Waals surface area (Å²) >= 11 is 2.78. The Balaban J connectivity index is 1.45. The molecule has 1 saturated heterocycles. The average Bonchev–Trinajstić information content (AvgIpc) is 3.68. The fourth-order valence-electron chi connectivity index (χ4n) is 5.46. The molecule has 200 valence electrons. The summed E-state index contributed by atoms with van der Waals surface area (Å²) in [6.45, 7) is 3.65. The van der Waals surface area contributed by atoms with Crippen molar-refractivity contribution >= 4 is 51.5 Å². The van der Waals surface area contributed by atoms with Crippen LogP contribution in [0.1, 0.15) is 42.7 Å². The van der Waals surface area contributed by atoms with Crippen LogP contribution < -0.4 is 14.9 Å². The molecule has 3 aromatic heterocycles. The molecule has 10 heteroatoms. The van der Waals surface area contributed by atoms with Gasteiger partial charge >= 0.3 is 5.97 Å². The normalized spacial score (nSPS) is 17.8. The number of para-hydroxylation sites is 1. The third-order valence-electron chi connectivity index (χ3n) is 7.36. The van der Waals surface area contributed by atoms with Gasteiger partial charge in [-0.3, -0.25) is 14.2 Å². The van der Waals surface area contributed by atoms with Gasteiger partial charge in [0.15, 0.2) is 4.80 Å². The lowest BCUT2D eigenvalue weighted by atomic mass is 10.0.